The molecule has 228 valence electrons. The normalized spacial score (nSPS) is 14.7. The number of fused-ring (bicyclic) bond motifs is 3. The molecule has 1 aliphatic heterocycles. The molecule has 0 aliphatic carbocycles. The molecule has 8 rings (SSSR count). The van der Waals surface area contributed by atoms with Crippen molar-refractivity contribution in [3.05, 3.63) is 181 Å². The number of carbonyl (C=O) groups excluding carboxylic acids is 1. The van der Waals surface area contributed by atoms with Gasteiger partial charge in [0.05, 0.1) is 21.8 Å². The van der Waals surface area contributed by atoms with Crippen LogP contribution >= 0.6 is 11.3 Å². The maximum absolute atomic E-state index is 14.3. The molecule has 5 aromatic carbocycles. The molecule has 7 heteroatoms. The van der Waals surface area contributed by atoms with Crippen LogP contribution < -0.4 is 19.6 Å². The zero-order valence-corrected chi connectivity index (χ0v) is 26.4. The minimum atomic E-state index is -0.682. The first-order valence-electron chi connectivity index (χ1n) is 15.4. The fraction of sp³-hybridized carbons (Fsp3) is 0.0750. The Morgan fingerprint density at radius 2 is 1.51 bits per heavy atom. The third-order valence-corrected chi connectivity index (χ3v) is 9.62. The zero-order valence-electron chi connectivity index (χ0n) is 25.5. The molecular weight excluding hydrogens is 603 g/mol. The molecule has 2 aromatic heterocycles. The van der Waals surface area contributed by atoms with Gasteiger partial charge in [-0.05, 0) is 53.1 Å². The van der Waals surface area contributed by atoms with Gasteiger partial charge in [-0.15, -0.1) is 0 Å². The minimum absolute atomic E-state index is 0.203. The number of rotatable bonds is 6. The number of carbonyl (C=O) groups is 1. The van der Waals surface area contributed by atoms with E-state index in [1.165, 1.54) is 27.7 Å². The van der Waals surface area contributed by atoms with Crippen molar-refractivity contribution in [3.63, 3.8) is 0 Å². The molecule has 1 aliphatic rings. The second-order valence-corrected chi connectivity index (χ2v) is 12.6. The highest BCUT2D eigenvalue weighted by Gasteiger charge is 2.33. The summed E-state index contributed by atoms with van der Waals surface area (Å²) in [5.41, 5.74) is 4.73. The SMILES string of the molecule is CC1=C(C(=O)Oc2ccccc2)C(c2ccccc2)n2c(s/c(=C/c3cn(Cc4cccc5ccccc45)c4ccccc34)c2=O)=N1. The highest BCUT2D eigenvalue weighted by Crippen LogP contribution is 2.31. The minimum Gasteiger partial charge on any atom is -0.423 e. The molecular formula is C40H29N3O3S. The Labute approximate surface area is 274 Å². The van der Waals surface area contributed by atoms with E-state index in [2.05, 4.69) is 65.4 Å². The van der Waals surface area contributed by atoms with Gasteiger partial charge in [0.15, 0.2) is 4.80 Å². The van der Waals surface area contributed by atoms with Gasteiger partial charge < -0.3 is 9.30 Å². The summed E-state index contributed by atoms with van der Waals surface area (Å²) in [6.45, 7) is 2.49. The maximum atomic E-state index is 14.3. The first-order valence-corrected chi connectivity index (χ1v) is 16.3. The predicted octanol–water partition coefficient (Wildman–Crippen LogP) is 7.00. The Morgan fingerprint density at radius 1 is 0.830 bits per heavy atom. The van der Waals surface area contributed by atoms with Crippen LogP contribution in [0.3, 0.4) is 0 Å². The van der Waals surface area contributed by atoms with Gasteiger partial charge in [0.1, 0.15) is 5.75 Å². The molecule has 0 fully saturated rings. The number of thiazole rings is 1. The van der Waals surface area contributed by atoms with Crippen LogP contribution in [0.15, 0.2) is 155 Å². The molecule has 6 nitrogen and oxygen atoms in total. The largest absolute Gasteiger partial charge is 0.423 e. The number of allylic oxidation sites excluding steroid dienone is 1. The number of ether oxygens (including phenoxy) is 1. The Hall–Kier alpha value is -5.79. The van der Waals surface area contributed by atoms with E-state index in [0.717, 1.165) is 22.0 Å². The van der Waals surface area contributed by atoms with E-state index in [4.69, 9.17) is 9.73 Å². The van der Waals surface area contributed by atoms with Gasteiger partial charge in [-0.3, -0.25) is 9.36 Å². The number of esters is 1. The summed E-state index contributed by atoms with van der Waals surface area (Å²) in [6, 6.07) is 40.9. The van der Waals surface area contributed by atoms with Gasteiger partial charge in [-0.2, -0.15) is 0 Å². The van der Waals surface area contributed by atoms with Gasteiger partial charge >= 0.3 is 5.97 Å². The van der Waals surface area contributed by atoms with Crippen molar-refractivity contribution in [1.82, 2.24) is 9.13 Å². The molecule has 7 aromatic rings. The lowest BCUT2D eigenvalue weighted by molar-refractivity contribution is -0.130. The van der Waals surface area contributed by atoms with Gasteiger partial charge in [0.2, 0.25) is 0 Å². The van der Waals surface area contributed by atoms with Crippen molar-refractivity contribution in [2.24, 2.45) is 4.99 Å². The summed E-state index contributed by atoms with van der Waals surface area (Å²) < 4.78 is 10.2. The van der Waals surface area contributed by atoms with Crippen molar-refractivity contribution in [1.29, 1.82) is 0 Å². The zero-order chi connectivity index (χ0) is 31.9. The van der Waals surface area contributed by atoms with Gasteiger partial charge in [0.25, 0.3) is 5.56 Å². The van der Waals surface area contributed by atoms with Crippen LogP contribution in [0.25, 0.3) is 27.8 Å². The summed E-state index contributed by atoms with van der Waals surface area (Å²) in [7, 11) is 0. The Balaban J connectivity index is 1.25. The van der Waals surface area contributed by atoms with Crippen molar-refractivity contribution < 1.29 is 9.53 Å². The summed E-state index contributed by atoms with van der Waals surface area (Å²) in [4.78, 5) is 33.3. The second-order valence-electron chi connectivity index (χ2n) is 11.6. The molecule has 3 heterocycles. The molecule has 1 unspecified atom stereocenters. The molecule has 0 saturated heterocycles. The third kappa shape index (κ3) is 5.20. The van der Waals surface area contributed by atoms with Gasteiger partial charge in [-0.25, -0.2) is 9.79 Å². The van der Waals surface area contributed by atoms with Crippen LogP contribution in [-0.2, 0) is 11.3 Å². The summed E-state index contributed by atoms with van der Waals surface area (Å²) in [5.74, 6) is -0.0981. The molecule has 0 amide bonds. The first kappa shape index (κ1) is 28.7. The molecule has 0 bridgehead atoms. The lowest BCUT2D eigenvalue weighted by atomic mass is 9.96. The summed E-state index contributed by atoms with van der Waals surface area (Å²) in [6.07, 6.45) is 4.07. The highest BCUT2D eigenvalue weighted by molar-refractivity contribution is 7.07. The van der Waals surface area contributed by atoms with Crippen molar-refractivity contribution in [3.8, 4) is 5.75 Å². The Bertz CT molecular complexity index is 2520. The average Bonchev–Trinajstić information content (AvgIpc) is 3.60. The molecule has 47 heavy (non-hydrogen) atoms. The van der Waals surface area contributed by atoms with E-state index in [1.807, 2.05) is 66.7 Å². The average molecular weight is 632 g/mol. The molecule has 0 spiro atoms. The smallest absolute Gasteiger partial charge is 0.343 e. The fourth-order valence-electron chi connectivity index (χ4n) is 6.46. The lowest BCUT2D eigenvalue weighted by Crippen LogP contribution is -2.40. The second kappa shape index (κ2) is 11.9. The van der Waals surface area contributed by atoms with E-state index >= 15 is 0 Å². The number of para-hydroxylation sites is 2. The van der Waals surface area contributed by atoms with Crippen LogP contribution in [0, 0.1) is 0 Å². The van der Waals surface area contributed by atoms with Gasteiger partial charge in [-0.1, -0.05) is 121 Å². The number of aromatic nitrogens is 2. The molecule has 0 saturated carbocycles. The van der Waals surface area contributed by atoms with Crippen LogP contribution in [0.1, 0.15) is 29.7 Å². The first-order chi connectivity index (χ1) is 23.0. The monoisotopic (exact) mass is 631 g/mol. The topological polar surface area (TPSA) is 65.6 Å². The standard InChI is InChI=1S/C40H29N3O3S/c1-26-36(39(45)46-31-18-6-3-7-19-31)37(28-14-4-2-5-15-28)43-38(44)35(47-40(43)41-26)23-30-25-42(34-22-11-10-21-33(30)34)24-29-17-12-16-27-13-8-9-20-32(27)29/h2-23,25,37H,24H2,1H3/b35-23+. The van der Waals surface area contributed by atoms with Crippen LogP contribution in [0.4, 0.5) is 0 Å². The number of nitrogens with zero attached hydrogens (tertiary/aromatic N) is 3. The maximum Gasteiger partial charge on any atom is 0.343 e. The summed E-state index contributed by atoms with van der Waals surface area (Å²) in [5, 5.41) is 3.49. The quantitative estimate of drug-likeness (QED) is 0.147. The van der Waals surface area contributed by atoms with Crippen molar-refractivity contribution >= 4 is 45.1 Å². The number of hydrogen-bond acceptors (Lipinski definition) is 5. The van der Waals surface area contributed by atoms with E-state index in [-0.39, 0.29) is 5.56 Å². The van der Waals surface area contributed by atoms with Crippen molar-refractivity contribution in [2.45, 2.75) is 19.5 Å². The highest BCUT2D eigenvalue weighted by atomic mass is 32.1. The van der Waals surface area contributed by atoms with E-state index < -0.39 is 12.0 Å². The van der Waals surface area contributed by atoms with Crippen LogP contribution in [-0.4, -0.2) is 15.1 Å². The van der Waals surface area contributed by atoms with Crippen molar-refractivity contribution in [2.75, 3.05) is 0 Å². The molecule has 0 radical (unpaired) electrons. The van der Waals surface area contributed by atoms with Crippen LogP contribution in [0.5, 0.6) is 5.75 Å². The van der Waals surface area contributed by atoms with Crippen LogP contribution in [0.2, 0.25) is 0 Å². The Morgan fingerprint density at radius 3 is 2.32 bits per heavy atom. The lowest BCUT2D eigenvalue weighted by Gasteiger charge is -2.24. The molecule has 1 atom stereocenters. The number of hydrogen-bond donors (Lipinski definition) is 0. The summed E-state index contributed by atoms with van der Waals surface area (Å²) >= 11 is 1.33. The third-order valence-electron chi connectivity index (χ3n) is 8.64. The van der Waals surface area contributed by atoms with E-state index in [1.54, 1.807) is 23.6 Å². The van der Waals surface area contributed by atoms with E-state index in [9.17, 15) is 9.59 Å². The molecule has 0 N–H and O–H groups in total. The Kier molecular flexibility index (Phi) is 7.23. The fourth-order valence-corrected chi connectivity index (χ4v) is 7.50. The van der Waals surface area contributed by atoms with E-state index in [0.29, 0.717) is 32.9 Å². The predicted molar refractivity (Wildman–Crippen MR) is 187 cm³/mol. The number of benzene rings is 5. The van der Waals surface area contributed by atoms with Gasteiger partial charge in [0, 0.05) is 29.2 Å².